The van der Waals surface area contributed by atoms with Crippen LogP contribution in [0.4, 0.5) is 5.82 Å². The van der Waals surface area contributed by atoms with Gasteiger partial charge in [0.25, 0.3) is 0 Å². The van der Waals surface area contributed by atoms with Crippen LogP contribution < -0.4 is 5.32 Å². The number of nitrogens with one attached hydrogen (secondary N) is 1. The molecule has 0 atom stereocenters. The molecule has 5 nitrogen and oxygen atoms in total. The summed E-state index contributed by atoms with van der Waals surface area (Å²) in [7, 11) is 0. The molecule has 0 unspecified atom stereocenters. The fourth-order valence-electron chi connectivity index (χ4n) is 1.68. The van der Waals surface area contributed by atoms with E-state index >= 15 is 0 Å². The third kappa shape index (κ3) is 3.70. The fraction of sp³-hybridized carbons (Fsp3) is 0.538. The number of carboxylic acid groups (broad SMARTS) is 1. The van der Waals surface area contributed by atoms with E-state index < -0.39 is 5.97 Å². The molecule has 0 amide bonds. The SMILES string of the molecule is Cc1ccnc(NCC(C)(C)CCO)c1C(=O)O. The van der Waals surface area contributed by atoms with Gasteiger partial charge in [0.05, 0.1) is 0 Å². The van der Waals surface area contributed by atoms with Crippen molar-refractivity contribution in [3.05, 3.63) is 23.4 Å². The van der Waals surface area contributed by atoms with Crippen LogP contribution in [0.2, 0.25) is 0 Å². The zero-order chi connectivity index (χ0) is 13.8. The van der Waals surface area contributed by atoms with E-state index in [0.717, 1.165) is 0 Å². The Kier molecular flexibility index (Phi) is 4.67. The molecular weight excluding hydrogens is 232 g/mol. The Bertz CT molecular complexity index is 430. The molecule has 3 N–H and O–H groups in total. The number of aryl methyl sites for hydroxylation is 1. The van der Waals surface area contributed by atoms with Crippen molar-refractivity contribution in [3.63, 3.8) is 0 Å². The number of nitrogens with zero attached hydrogens (tertiary/aromatic N) is 1. The molecule has 100 valence electrons. The molecule has 1 heterocycles. The molecule has 5 heteroatoms. The molecule has 0 saturated carbocycles. The lowest BCUT2D eigenvalue weighted by atomic mass is 9.89. The van der Waals surface area contributed by atoms with Gasteiger partial charge in [-0.05, 0) is 30.4 Å². The summed E-state index contributed by atoms with van der Waals surface area (Å²) in [6.45, 7) is 6.43. The first-order valence-corrected chi connectivity index (χ1v) is 5.91. The maximum atomic E-state index is 11.2. The lowest BCUT2D eigenvalue weighted by Crippen LogP contribution is -2.25. The molecule has 0 aliphatic carbocycles. The molecule has 0 bridgehead atoms. The van der Waals surface area contributed by atoms with Gasteiger partial charge >= 0.3 is 5.97 Å². The second-order valence-electron chi connectivity index (χ2n) is 5.15. The minimum atomic E-state index is -0.983. The summed E-state index contributed by atoms with van der Waals surface area (Å²) in [6, 6.07) is 1.67. The zero-order valence-electron chi connectivity index (χ0n) is 11.0. The van der Waals surface area contributed by atoms with Gasteiger partial charge in [0, 0.05) is 19.3 Å². The molecule has 0 aliphatic rings. The first kappa shape index (κ1) is 14.4. The molecule has 0 aromatic carbocycles. The van der Waals surface area contributed by atoms with Gasteiger partial charge in [0.2, 0.25) is 0 Å². The minimum Gasteiger partial charge on any atom is -0.478 e. The van der Waals surface area contributed by atoms with Crippen LogP contribution in [0.5, 0.6) is 0 Å². The summed E-state index contributed by atoms with van der Waals surface area (Å²) in [5, 5.41) is 21.2. The van der Waals surface area contributed by atoms with Gasteiger partial charge < -0.3 is 15.5 Å². The van der Waals surface area contributed by atoms with Crippen molar-refractivity contribution in [1.82, 2.24) is 4.98 Å². The van der Waals surface area contributed by atoms with Crippen molar-refractivity contribution >= 4 is 11.8 Å². The van der Waals surface area contributed by atoms with E-state index in [-0.39, 0.29) is 17.6 Å². The molecule has 1 aromatic heterocycles. The highest BCUT2D eigenvalue weighted by molar-refractivity contribution is 5.94. The van der Waals surface area contributed by atoms with Gasteiger partial charge in [0.15, 0.2) is 0 Å². The molecular formula is C13H20N2O3. The van der Waals surface area contributed by atoms with Crippen LogP contribution in [0.25, 0.3) is 0 Å². The molecule has 0 spiro atoms. The normalized spacial score (nSPS) is 11.3. The van der Waals surface area contributed by atoms with Gasteiger partial charge in [0.1, 0.15) is 11.4 Å². The Morgan fingerprint density at radius 3 is 2.72 bits per heavy atom. The van der Waals surface area contributed by atoms with E-state index in [2.05, 4.69) is 10.3 Å². The number of aliphatic hydroxyl groups excluding tert-OH is 1. The summed E-state index contributed by atoms with van der Waals surface area (Å²) in [5.74, 6) is -0.600. The van der Waals surface area contributed by atoms with Crippen LogP contribution in [0.15, 0.2) is 12.3 Å². The molecule has 1 aromatic rings. The Labute approximate surface area is 107 Å². The van der Waals surface area contributed by atoms with Crippen molar-refractivity contribution in [3.8, 4) is 0 Å². The monoisotopic (exact) mass is 252 g/mol. The van der Waals surface area contributed by atoms with Crippen molar-refractivity contribution < 1.29 is 15.0 Å². The zero-order valence-corrected chi connectivity index (χ0v) is 11.0. The Morgan fingerprint density at radius 2 is 2.17 bits per heavy atom. The number of carboxylic acids is 1. The van der Waals surface area contributed by atoms with Crippen LogP contribution in [0.3, 0.4) is 0 Å². The quantitative estimate of drug-likeness (QED) is 0.720. The average Bonchev–Trinajstić information content (AvgIpc) is 2.26. The Balaban J connectivity index is 2.85. The number of aliphatic hydroxyl groups is 1. The van der Waals surface area contributed by atoms with Crippen molar-refractivity contribution in [2.24, 2.45) is 5.41 Å². The highest BCUT2D eigenvalue weighted by atomic mass is 16.4. The predicted molar refractivity (Wildman–Crippen MR) is 69.9 cm³/mol. The summed E-state index contributed by atoms with van der Waals surface area (Å²) >= 11 is 0. The average molecular weight is 252 g/mol. The maximum Gasteiger partial charge on any atom is 0.339 e. The first-order valence-electron chi connectivity index (χ1n) is 5.91. The van der Waals surface area contributed by atoms with Crippen molar-refractivity contribution in [1.29, 1.82) is 0 Å². The Morgan fingerprint density at radius 1 is 1.50 bits per heavy atom. The van der Waals surface area contributed by atoms with Gasteiger partial charge in [-0.15, -0.1) is 0 Å². The molecule has 1 rings (SSSR count). The summed E-state index contributed by atoms with van der Waals surface area (Å²) in [6.07, 6.45) is 2.23. The fourth-order valence-corrected chi connectivity index (χ4v) is 1.68. The Hall–Kier alpha value is -1.62. The largest absolute Gasteiger partial charge is 0.478 e. The highest BCUT2D eigenvalue weighted by Crippen LogP contribution is 2.22. The molecule has 0 aliphatic heterocycles. The minimum absolute atomic E-state index is 0.113. The summed E-state index contributed by atoms with van der Waals surface area (Å²) in [5.41, 5.74) is 0.771. The third-order valence-corrected chi connectivity index (χ3v) is 2.90. The van der Waals surface area contributed by atoms with E-state index in [1.807, 2.05) is 13.8 Å². The highest BCUT2D eigenvalue weighted by Gasteiger charge is 2.20. The lowest BCUT2D eigenvalue weighted by molar-refractivity contribution is 0.0696. The van der Waals surface area contributed by atoms with Crippen LogP contribution in [0.1, 0.15) is 36.2 Å². The standard InChI is InChI=1S/C13H20N2O3/c1-9-4-6-14-11(10(9)12(17)18)15-8-13(2,3)5-7-16/h4,6,16H,5,7-8H2,1-3H3,(H,14,15)(H,17,18). The molecule has 0 radical (unpaired) electrons. The van der Waals surface area contributed by atoms with Crippen molar-refractivity contribution in [2.75, 3.05) is 18.5 Å². The van der Waals surface area contributed by atoms with Crippen molar-refractivity contribution in [2.45, 2.75) is 27.2 Å². The van der Waals surface area contributed by atoms with E-state index in [9.17, 15) is 4.79 Å². The number of pyridine rings is 1. The second-order valence-corrected chi connectivity index (χ2v) is 5.15. The van der Waals surface area contributed by atoms with Crippen LogP contribution in [-0.2, 0) is 0 Å². The van der Waals surface area contributed by atoms with E-state index in [1.165, 1.54) is 0 Å². The summed E-state index contributed by atoms with van der Waals surface area (Å²) in [4.78, 5) is 15.2. The molecule has 18 heavy (non-hydrogen) atoms. The van der Waals surface area contributed by atoms with Gasteiger partial charge in [-0.25, -0.2) is 9.78 Å². The number of rotatable bonds is 6. The van der Waals surface area contributed by atoms with Gasteiger partial charge in [-0.3, -0.25) is 0 Å². The number of aromatic nitrogens is 1. The maximum absolute atomic E-state index is 11.2. The second kappa shape index (κ2) is 5.82. The smallest absolute Gasteiger partial charge is 0.339 e. The van der Waals surface area contributed by atoms with Gasteiger partial charge in [-0.2, -0.15) is 0 Å². The van der Waals surface area contributed by atoms with Crippen LogP contribution in [-0.4, -0.2) is 34.3 Å². The van der Waals surface area contributed by atoms with E-state index in [1.54, 1.807) is 19.2 Å². The topological polar surface area (TPSA) is 82.5 Å². The number of hydrogen-bond acceptors (Lipinski definition) is 4. The number of carbonyl (C=O) groups is 1. The van der Waals surface area contributed by atoms with Crippen LogP contribution in [0, 0.1) is 12.3 Å². The number of aromatic carboxylic acids is 1. The molecule has 0 fully saturated rings. The number of hydrogen-bond donors (Lipinski definition) is 3. The number of anilines is 1. The van der Waals surface area contributed by atoms with E-state index in [0.29, 0.717) is 24.3 Å². The third-order valence-electron chi connectivity index (χ3n) is 2.90. The lowest BCUT2D eigenvalue weighted by Gasteiger charge is -2.24. The first-order chi connectivity index (χ1) is 8.37. The molecule has 0 saturated heterocycles. The van der Waals surface area contributed by atoms with Gasteiger partial charge in [-0.1, -0.05) is 13.8 Å². The predicted octanol–water partition coefficient (Wildman–Crippen LogP) is 1.91. The summed E-state index contributed by atoms with van der Waals surface area (Å²) < 4.78 is 0. The van der Waals surface area contributed by atoms with E-state index in [4.69, 9.17) is 10.2 Å². The van der Waals surface area contributed by atoms with Crippen LogP contribution >= 0.6 is 0 Å².